The largest absolute Gasteiger partial charge is 0.448 e. The first kappa shape index (κ1) is 17.5. The lowest BCUT2D eigenvalue weighted by Crippen LogP contribution is -2.46. The Bertz CT molecular complexity index is 731. The lowest BCUT2D eigenvalue weighted by atomic mass is 10.0. The van der Waals surface area contributed by atoms with Gasteiger partial charge in [0.1, 0.15) is 17.9 Å². The van der Waals surface area contributed by atoms with Crippen LogP contribution in [0.15, 0.2) is 23.2 Å². The Labute approximate surface area is 155 Å². The second kappa shape index (κ2) is 7.35. The Hall–Kier alpha value is -1.95. The quantitative estimate of drug-likeness (QED) is 0.790. The van der Waals surface area contributed by atoms with E-state index in [-0.39, 0.29) is 0 Å². The summed E-state index contributed by atoms with van der Waals surface area (Å²) in [4.78, 5) is 18.4. The van der Waals surface area contributed by atoms with Crippen LogP contribution in [-0.2, 0) is 6.54 Å². The van der Waals surface area contributed by atoms with Gasteiger partial charge in [-0.15, -0.1) is 0 Å². The monoisotopic (exact) mass is 355 g/mol. The van der Waals surface area contributed by atoms with Crippen LogP contribution in [0.2, 0.25) is 0 Å². The number of hydrogen-bond donors (Lipinski definition) is 0. The molecule has 1 aliphatic heterocycles. The Morgan fingerprint density at radius 1 is 1.12 bits per heavy atom. The smallest absolute Gasteiger partial charge is 0.181 e. The van der Waals surface area contributed by atoms with E-state index in [4.69, 9.17) is 4.42 Å². The van der Waals surface area contributed by atoms with Crippen molar-refractivity contribution in [3.05, 3.63) is 35.9 Å². The van der Waals surface area contributed by atoms with Crippen LogP contribution in [0.3, 0.4) is 0 Å². The fraction of sp³-hybridized carbons (Fsp3) is 0.650. The zero-order valence-electron chi connectivity index (χ0n) is 16.1. The van der Waals surface area contributed by atoms with E-state index in [0.29, 0.717) is 18.0 Å². The summed E-state index contributed by atoms with van der Waals surface area (Å²) in [6.07, 6.45) is 8.22. The first-order valence-electron chi connectivity index (χ1n) is 9.83. The Balaban J connectivity index is 1.40. The van der Waals surface area contributed by atoms with E-state index in [9.17, 15) is 0 Å². The summed E-state index contributed by atoms with van der Waals surface area (Å²) in [6, 6.07) is 3.38. The number of rotatable bonds is 6. The minimum atomic E-state index is 0.386. The molecule has 1 aliphatic carbocycles. The molecule has 4 rings (SSSR count). The van der Waals surface area contributed by atoms with Crippen molar-refractivity contribution in [1.82, 2.24) is 19.9 Å². The highest BCUT2D eigenvalue weighted by molar-refractivity contribution is 5.43. The predicted molar refractivity (Wildman–Crippen MR) is 101 cm³/mol. The van der Waals surface area contributed by atoms with Gasteiger partial charge in [-0.05, 0) is 32.6 Å². The van der Waals surface area contributed by atoms with E-state index in [1.807, 2.05) is 6.92 Å². The molecule has 0 spiro atoms. The van der Waals surface area contributed by atoms with Gasteiger partial charge in [0.2, 0.25) is 0 Å². The topological polar surface area (TPSA) is 58.3 Å². The molecule has 0 unspecified atom stereocenters. The van der Waals surface area contributed by atoms with Crippen LogP contribution in [0.5, 0.6) is 0 Å². The minimum absolute atomic E-state index is 0.386. The molecule has 26 heavy (non-hydrogen) atoms. The molecule has 6 heteroatoms. The van der Waals surface area contributed by atoms with Gasteiger partial charge in [-0.3, -0.25) is 4.90 Å². The lowest BCUT2D eigenvalue weighted by molar-refractivity contribution is 0.197. The molecular weight excluding hydrogens is 326 g/mol. The number of nitrogens with zero attached hydrogens (tertiary/aromatic N) is 5. The standard InChI is InChI=1S/C20H29N5O/c1-14(2)20-18(23-13-26-20)11-24-8-6-17(7-9-24)25(16-4-5-16)19-10-15(3)21-12-22-19/h10,12-14,16-17H,4-9,11H2,1-3H3. The summed E-state index contributed by atoms with van der Waals surface area (Å²) in [5, 5.41) is 0. The molecule has 2 aromatic rings. The second-order valence-corrected chi connectivity index (χ2v) is 7.98. The molecule has 2 fully saturated rings. The lowest BCUT2D eigenvalue weighted by Gasteiger charge is -2.39. The van der Waals surface area contributed by atoms with Crippen molar-refractivity contribution in [1.29, 1.82) is 0 Å². The summed E-state index contributed by atoms with van der Waals surface area (Å²) in [5.41, 5.74) is 2.15. The number of anilines is 1. The van der Waals surface area contributed by atoms with Gasteiger partial charge in [-0.1, -0.05) is 13.8 Å². The van der Waals surface area contributed by atoms with Crippen LogP contribution in [0.1, 0.15) is 62.6 Å². The highest BCUT2D eigenvalue weighted by Crippen LogP contribution is 2.35. The summed E-state index contributed by atoms with van der Waals surface area (Å²) in [7, 11) is 0. The van der Waals surface area contributed by atoms with Crippen LogP contribution in [0.4, 0.5) is 5.82 Å². The first-order chi connectivity index (χ1) is 12.6. The fourth-order valence-corrected chi connectivity index (χ4v) is 4.04. The average molecular weight is 355 g/mol. The number of aryl methyl sites for hydroxylation is 1. The zero-order valence-corrected chi connectivity index (χ0v) is 16.1. The highest BCUT2D eigenvalue weighted by atomic mass is 16.3. The minimum Gasteiger partial charge on any atom is -0.448 e. The van der Waals surface area contributed by atoms with Crippen molar-refractivity contribution in [3.63, 3.8) is 0 Å². The number of hydrogen-bond acceptors (Lipinski definition) is 6. The number of aromatic nitrogens is 3. The van der Waals surface area contributed by atoms with E-state index >= 15 is 0 Å². The molecule has 6 nitrogen and oxygen atoms in total. The van der Waals surface area contributed by atoms with Crippen molar-refractivity contribution in [2.45, 2.75) is 71.0 Å². The van der Waals surface area contributed by atoms with Crippen LogP contribution in [-0.4, -0.2) is 45.0 Å². The molecule has 0 atom stereocenters. The van der Waals surface area contributed by atoms with Gasteiger partial charge < -0.3 is 9.32 Å². The average Bonchev–Trinajstić information content (AvgIpc) is 3.34. The molecule has 0 amide bonds. The van der Waals surface area contributed by atoms with Crippen molar-refractivity contribution in [2.24, 2.45) is 0 Å². The van der Waals surface area contributed by atoms with Crippen LogP contribution in [0.25, 0.3) is 0 Å². The van der Waals surface area contributed by atoms with Gasteiger partial charge in [0.25, 0.3) is 0 Å². The predicted octanol–water partition coefficient (Wildman–Crippen LogP) is 3.53. The van der Waals surface area contributed by atoms with Gasteiger partial charge in [-0.25, -0.2) is 15.0 Å². The number of piperidine rings is 1. The van der Waals surface area contributed by atoms with Crippen molar-refractivity contribution < 1.29 is 4.42 Å². The first-order valence-corrected chi connectivity index (χ1v) is 9.83. The van der Waals surface area contributed by atoms with Crippen molar-refractivity contribution in [3.8, 4) is 0 Å². The maximum atomic E-state index is 5.58. The second-order valence-electron chi connectivity index (χ2n) is 7.98. The fourth-order valence-electron chi connectivity index (χ4n) is 4.04. The van der Waals surface area contributed by atoms with E-state index in [1.54, 1.807) is 12.7 Å². The SMILES string of the molecule is Cc1cc(N(C2CC2)C2CCN(Cc3ncoc3C(C)C)CC2)ncn1. The normalized spacial score (nSPS) is 19.2. The third-order valence-electron chi connectivity index (χ3n) is 5.52. The van der Waals surface area contributed by atoms with Crippen molar-refractivity contribution in [2.75, 3.05) is 18.0 Å². The molecule has 0 aromatic carbocycles. The van der Waals surface area contributed by atoms with Crippen LogP contribution in [0, 0.1) is 6.92 Å². The van der Waals surface area contributed by atoms with Crippen LogP contribution >= 0.6 is 0 Å². The summed E-state index contributed by atoms with van der Waals surface area (Å²) < 4.78 is 5.58. The van der Waals surface area contributed by atoms with Gasteiger partial charge in [0.05, 0.1) is 5.69 Å². The third-order valence-corrected chi connectivity index (χ3v) is 5.52. The molecule has 0 bridgehead atoms. The molecule has 3 heterocycles. The Morgan fingerprint density at radius 2 is 1.85 bits per heavy atom. The molecular formula is C20H29N5O. The Kier molecular flexibility index (Phi) is 4.94. The molecule has 0 radical (unpaired) electrons. The highest BCUT2D eigenvalue weighted by Gasteiger charge is 2.36. The summed E-state index contributed by atoms with van der Waals surface area (Å²) in [6.45, 7) is 9.46. The van der Waals surface area contributed by atoms with E-state index in [0.717, 1.165) is 42.6 Å². The van der Waals surface area contributed by atoms with Gasteiger partial charge in [-0.2, -0.15) is 0 Å². The van der Waals surface area contributed by atoms with Gasteiger partial charge >= 0.3 is 0 Å². The maximum Gasteiger partial charge on any atom is 0.181 e. The molecule has 2 aromatic heterocycles. The maximum absolute atomic E-state index is 5.58. The number of oxazole rings is 1. The third kappa shape index (κ3) is 3.75. The van der Waals surface area contributed by atoms with E-state index < -0.39 is 0 Å². The van der Waals surface area contributed by atoms with E-state index in [1.165, 1.54) is 25.7 Å². The summed E-state index contributed by atoms with van der Waals surface area (Å²) >= 11 is 0. The molecule has 1 saturated carbocycles. The van der Waals surface area contributed by atoms with Crippen LogP contribution < -0.4 is 4.90 Å². The van der Waals surface area contributed by atoms with Crippen molar-refractivity contribution >= 4 is 5.82 Å². The molecule has 2 aliphatic rings. The zero-order chi connectivity index (χ0) is 18.1. The molecule has 0 N–H and O–H groups in total. The molecule has 1 saturated heterocycles. The molecule has 140 valence electrons. The van der Waals surface area contributed by atoms with Gasteiger partial charge in [0, 0.05) is 49.4 Å². The number of likely N-dealkylation sites (tertiary alicyclic amines) is 1. The van der Waals surface area contributed by atoms with E-state index in [2.05, 4.69) is 44.7 Å². The van der Waals surface area contributed by atoms with Gasteiger partial charge in [0.15, 0.2) is 6.39 Å². The Morgan fingerprint density at radius 3 is 2.50 bits per heavy atom. The summed E-state index contributed by atoms with van der Waals surface area (Å²) in [5.74, 6) is 2.52.